The molecule has 0 saturated heterocycles. The molecule has 88 valence electrons. The van der Waals surface area contributed by atoms with Crippen LogP contribution in [-0.4, -0.2) is 24.9 Å². The van der Waals surface area contributed by atoms with Gasteiger partial charge in [0.1, 0.15) is 0 Å². The number of hydrogen-bond acceptors (Lipinski definition) is 4. The van der Waals surface area contributed by atoms with Crippen LogP contribution in [0.5, 0.6) is 0 Å². The molecule has 5 heteroatoms. The first-order valence-corrected chi connectivity index (χ1v) is 5.24. The number of alkyl carbamates (subject to hydrolysis) is 1. The van der Waals surface area contributed by atoms with Crippen LogP contribution in [0.25, 0.3) is 0 Å². The van der Waals surface area contributed by atoms with Gasteiger partial charge in [0.05, 0.1) is 0 Å². The summed E-state index contributed by atoms with van der Waals surface area (Å²) in [5.41, 5.74) is 0. The fourth-order valence-corrected chi connectivity index (χ4v) is 0.892. The highest BCUT2D eigenvalue weighted by Crippen LogP contribution is 1.99. The van der Waals surface area contributed by atoms with E-state index in [4.69, 9.17) is 9.47 Å². The lowest BCUT2D eigenvalue weighted by molar-refractivity contribution is -0.164. The van der Waals surface area contributed by atoms with E-state index in [9.17, 15) is 9.59 Å². The number of rotatable bonds is 6. The molecule has 0 rings (SSSR count). The van der Waals surface area contributed by atoms with Gasteiger partial charge in [-0.2, -0.15) is 0 Å². The van der Waals surface area contributed by atoms with Gasteiger partial charge in [0.25, 0.3) is 0 Å². The van der Waals surface area contributed by atoms with Crippen LogP contribution in [0.3, 0.4) is 0 Å². The first kappa shape index (κ1) is 13.7. The summed E-state index contributed by atoms with van der Waals surface area (Å²) >= 11 is 0. The number of carbonyl (C=O) groups is 2. The van der Waals surface area contributed by atoms with Crippen LogP contribution in [-0.2, 0) is 14.3 Å². The van der Waals surface area contributed by atoms with Gasteiger partial charge in [0, 0.05) is 19.9 Å². The van der Waals surface area contributed by atoms with Gasteiger partial charge in [0.2, 0.25) is 6.29 Å². The largest absolute Gasteiger partial charge is 0.425 e. The Morgan fingerprint density at radius 3 is 2.40 bits per heavy atom. The molecule has 0 radical (unpaired) electrons. The van der Waals surface area contributed by atoms with Crippen molar-refractivity contribution in [1.29, 1.82) is 0 Å². The van der Waals surface area contributed by atoms with Gasteiger partial charge in [-0.1, -0.05) is 13.8 Å². The Balaban J connectivity index is 3.67. The molecule has 0 fully saturated rings. The van der Waals surface area contributed by atoms with Gasteiger partial charge in [-0.05, 0) is 12.8 Å². The molecule has 0 aliphatic carbocycles. The molecule has 1 atom stereocenters. The Morgan fingerprint density at radius 1 is 1.20 bits per heavy atom. The smallest absolute Gasteiger partial charge is 0.410 e. The molecule has 1 amide bonds. The molecule has 0 aromatic carbocycles. The predicted octanol–water partition coefficient (Wildman–Crippen LogP) is 1.81. The molecule has 1 N–H and O–H groups in total. The van der Waals surface area contributed by atoms with Crippen molar-refractivity contribution in [2.24, 2.45) is 0 Å². The minimum Gasteiger partial charge on any atom is -0.425 e. The Morgan fingerprint density at radius 2 is 1.87 bits per heavy atom. The van der Waals surface area contributed by atoms with Crippen molar-refractivity contribution in [3.63, 3.8) is 0 Å². The van der Waals surface area contributed by atoms with Gasteiger partial charge in [-0.3, -0.25) is 4.79 Å². The van der Waals surface area contributed by atoms with Crippen molar-refractivity contribution in [3.05, 3.63) is 0 Å². The molecule has 0 saturated carbocycles. The zero-order valence-corrected chi connectivity index (χ0v) is 9.54. The van der Waals surface area contributed by atoms with E-state index in [-0.39, 0.29) is 5.97 Å². The average Bonchev–Trinajstić information content (AvgIpc) is 2.14. The molecular formula is C10H19NO4. The van der Waals surface area contributed by atoms with Crippen molar-refractivity contribution < 1.29 is 19.1 Å². The van der Waals surface area contributed by atoms with Crippen molar-refractivity contribution >= 4 is 12.1 Å². The lowest BCUT2D eigenvalue weighted by atomic mass is 10.3. The third-order valence-corrected chi connectivity index (χ3v) is 1.54. The topological polar surface area (TPSA) is 64.6 Å². The second-order valence-corrected chi connectivity index (χ2v) is 3.14. The molecule has 0 aromatic rings. The standard InChI is InChI=1S/C10H19NO4/c1-4-6-9(12)14-8(3)15-10(13)11-7-5-2/h8H,4-7H2,1-3H3,(H,11,13). The lowest BCUT2D eigenvalue weighted by Gasteiger charge is -2.14. The van der Waals surface area contributed by atoms with Crippen LogP contribution >= 0.6 is 0 Å². The second-order valence-electron chi connectivity index (χ2n) is 3.14. The maximum atomic E-state index is 11.0. The van der Waals surface area contributed by atoms with Crippen LogP contribution in [0.1, 0.15) is 40.0 Å². The average molecular weight is 217 g/mol. The van der Waals surface area contributed by atoms with Crippen LogP contribution in [0.2, 0.25) is 0 Å². The number of esters is 1. The van der Waals surface area contributed by atoms with Crippen molar-refractivity contribution in [1.82, 2.24) is 5.32 Å². The number of nitrogens with one attached hydrogen (secondary N) is 1. The number of ether oxygens (including phenoxy) is 2. The molecular weight excluding hydrogens is 198 g/mol. The summed E-state index contributed by atoms with van der Waals surface area (Å²) in [6.45, 7) is 5.87. The molecule has 5 nitrogen and oxygen atoms in total. The summed E-state index contributed by atoms with van der Waals surface area (Å²) in [5.74, 6) is -0.353. The first-order chi connectivity index (χ1) is 7.10. The van der Waals surface area contributed by atoms with Crippen molar-refractivity contribution in [2.75, 3.05) is 6.54 Å². The number of carbonyl (C=O) groups excluding carboxylic acids is 2. The maximum Gasteiger partial charge on any atom is 0.410 e. The Hall–Kier alpha value is -1.26. The monoisotopic (exact) mass is 217 g/mol. The highest BCUT2D eigenvalue weighted by Gasteiger charge is 2.12. The van der Waals surface area contributed by atoms with E-state index in [0.717, 1.165) is 6.42 Å². The zero-order valence-electron chi connectivity index (χ0n) is 9.54. The third kappa shape index (κ3) is 7.78. The summed E-state index contributed by atoms with van der Waals surface area (Å²) in [5, 5.41) is 2.52. The highest BCUT2D eigenvalue weighted by molar-refractivity contribution is 5.70. The van der Waals surface area contributed by atoms with E-state index in [1.165, 1.54) is 6.92 Å². The van der Waals surface area contributed by atoms with Gasteiger partial charge in [0.15, 0.2) is 0 Å². The quantitative estimate of drug-likeness (QED) is 0.544. The SMILES string of the molecule is CCCNC(=O)OC(C)OC(=O)CCC. The lowest BCUT2D eigenvalue weighted by Crippen LogP contribution is -2.30. The normalized spacial score (nSPS) is 11.7. The Kier molecular flexibility index (Phi) is 7.40. The Labute approximate surface area is 90.1 Å². The molecule has 0 aliphatic heterocycles. The summed E-state index contributed by atoms with van der Waals surface area (Å²) in [4.78, 5) is 22.0. The molecule has 1 unspecified atom stereocenters. The third-order valence-electron chi connectivity index (χ3n) is 1.54. The van der Waals surface area contributed by atoms with Gasteiger partial charge in [-0.15, -0.1) is 0 Å². The van der Waals surface area contributed by atoms with Gasteiger partial charge >= 0.3 is 12.1 Å². The molecule has 0 aliphatic rings. The second kappa shape index (κ2) is 8.08. The van der Waals surface area contributed by atoms with Crippen molar-refractivity contribution in [2.45, 2.75) is 46.3 Å². The number of hydrogen-bond donors (Lipinski definition) is 1. The van der Waals surface area contributed by atoms with E-state index >= 15 is 0 Å². The van der Waals surface area contributed by atoms with Gasteiger partial charge < -0.3 is 14.8 Å². The van der Waals surface area contributed by atoms with Gasteiger partial charge in [-0.25, -0.2) is 4.79 Å². The van der Waals surface area contributed by atoms with Crippen LogP contribution in [0.15, 0.2) is 0 Å². The van der Waals surface area contributed by atoms with Crippen LogP contribution in [0.4, 0.5) is 4.79 Å². The summed E-state index contributed by atoms with van der Waals surface area (Å²) in [7, 11) is 0. The molecule has 0 spiro atoms. The molecule has 0 bridgehead atoms. The van der Waals surface area contributed by atoms with E-state index in [2.05, 4.69) is 5.32 Å². The molecule has 15 heavy (non-hydrogen) atoms. The van der Waals surface area contributed by atoms with Crippen molar-refractivity contribution in [3.8, 4) is 0 Å². The van der Waals surface area contributed by atoms with E-state index in [1.807, 2.05) is 13.8 Å². The fourth-order valence-electron chi connectivity index (χ4n) is 0.892. The predicted molar refractivity (Wildman–Crippen MR) is 55.2 cm³/mol. The van der Waals surface area contributed by atoms with Crippen LogP contribution < -0.4 is 5.32 Å². The minimum absolute atomic E-state index is 0.338. The molecule has 0 heterocycles. The Bertz CT molecular complexity index is 206. The zero-order chi connectivity index (χ0) is 11.7. The molecule has 0 aromatic heterocycles. The highest BCUT2D eigenvalue weighted by atomic mass is 16.7. The fraction of sp³-hybridized carbons (Fsp3) is 0.800. The van der Waals surface area contributed by atoms with E-state index in [1.54, 1.807) is 0 Å². The van der Waals surface area contributed by atoms with E-state index in [0.29, 0.717) is 19.4 Å². The number of amides is 1. The van der Waals surface area contributed by atoms with Crippen LogP contribution in [0, 0.1) is 0 Å². The summed E-state index contributed by atoms with van der Waals surface area (Å²) in [6.07, 6.45) is 0.492. The van der Waals surface area contributed by atoms with E-state index < -0.39 is 12.4 Å². The summed E-state index contributed by atoms with van der Waals surface area (Å²) < 4.78 is 9.60. The maximum absolute atomic E-state index is 11.0. The summed E-state index contributed by atoms with van der Waals surface area (Å²) in [6, 6.07) is 0. The first-order valence-electron chi connectivity index (χ1n) is 5.24. The minimum atomic E-state index is -0.832.